The molecule has 0 saturated carbocycles. The number of hydrogen-bond donors (Lipinski definition) is 0. The molecular weight excluding hydrogens is 298 g/mol. The SMILES string of the molecule is Brc1csc(/C=N/n2cnc3ccccc32)c1. The lowest BCUT2D eigenvalue weighted by molar-refractivity contribution is 0.915. The molecule has 0 amide bonds. The fourth-order valence-corrected chi connectivity index (χ4v) is 2.85. The highest BCUT2D eigenvalue weighted by atomic mass is 79.9. The van der Waals surface area contributed by atoms with E-state index in [2.05, 4.69) is 26.0 Å². The number of aromatic nitrogens is 2. The van der Waals surface area contributed by atoms with Crippen LogP contribution in [0, 0.1) is 0 Å². The van der Waals surface area contributed by atoms with Crippen molar-refractivity contribution in [3.63, 3.8) is 0 Å². The molecule has 0 aliphatic carbocycles. The summed E-state index contributed by atoms with van der Waals surface area (Å²) in [6.07, 6.45) is 3.56. The average molecular weight is 306 g/mol. The van der Waals surface area contributed by atoms with Crippen molar-refractivity contribution < 1.29 is 0 Å². The van der Waals surface area contributed by atoms with E-state index in [1.165, 1.54) is 0 Å². The smallest absolute Gasteiger partial charge is 0.118 e. The van der Waals surface area contributed by atoms with Crippen molar-refractivity contribution in [2.24, 2.45) is 5.10 Å². The highest BCUT2D eigenvalue weighted by Crippen LogP contribution is 2.18. The third-order valence-corrected chi connectivity index (χ3v) is 3.96. The zero-order valence-corrected chi connectivity index (χ0v) is 11.1. The second-order valence-electron chi connectivity index (χ2n) is 3.49. The number of thiophene rings is 1. The van der Waals surface area contributed by atoms with Gasteiger partial charge in [-0.15, -0.1) is 11.3 Å². The lowest BCUT2D eigenvalue weighted by Crippen LogP contribution is -1.86. The van der Waals surface area contributed by atoms with E-state index in [9.17, 15) is 0 Å². The molecule has 17 heavy (non-hydrogen) atoms. The Labute approximate surface area is 111 Å². The number of rotatable bonds is 2. The fourth-order valence-electron chi connectivity index (χ4n) is 1.55. The molecule has 0 bridgehead atoms. The van der Waals surface area contributed by atoms with E-state index in [0.717, 1.165) is 20.4 Å². The molecule has 0 atom stereocenters. The highest BCUT2D eigenvalue weighted by Gasteiger charge is 1.99. The summed E-state index contributed by atoms with van der Waals surface area (Å²) in [5.74, 6) is 0. The van der Waals surface area contributed by atoms with Gasteiger partial charge in [-0.2, -0.15) is 5.10 Å². The first-order valence-corrected chi connectivity index (χ1v) is 6.71. The van der Waals surface area contributed by atoms with E-state index in [-0.39, 0.29) is 0 Å². The standard InChI is InChI=1S/C12H8BrN3S/c13-9-5-10(17-7-9)6-15-16-8-14-11-3-1-2-4-12(11)16/h1-8H/b15-6+. The Morgan fingerprint density at radius 3 is 3.06 bits per heavy atom. The Hall–Kier alpha value is -1.46. The number of imidazole rings is 1. The quantitative estimate of drug-likeness (QED) is 0.663. The summed E-state index contributed by atoms with van der Waals surface area (Å²) in [6, 6.07) is 9.97. The van der Waals surface area contributed by atoms with Crippen LogP contribution in [0.3, 0.4) is 0 Å². The Morgan fingerprint density at radius 1 is 1.35 bits per heavy atom. The molecule has 2 aromatic heterocycles. The Kier molecular flexibility index (Phi) is 2.78. The predicted molar refractivity (Wildman–Crippen MR) is 74.7 cm³/mol. The van der Waals surface area contributed by atoms with Gasteiger partial charge in [0.15, 0.2) is 0 Å². The summed E-state index contributed by atoms with van der Waals surface area (Å²) < 4.78 is 2.86. The summed E-state index contributed by atoms with van der Waals surface area (Å²) in [7, 11) is 0. The maximum atomic E-state index is 4.40. The Balaban J connectivity index is 1.97. The van der Waals surface area contributed by atoms with E-state index in [1.807, 2.05) is 41.9 Å². The zero-order chi connectivity index (χ0) is 11.7. The highest BCUT2D eigenvalue weighted by molar-refractivity contribution is 9.10. The first kappa shape index (κ1) is 10.7. The number of benzene rings is 1. The molecule has 1 aromatic carbocycles. The van der Waals surface area contributed by atoms with Crippen molar-refractivity contribution in [1.29, 1.82) is 0 Å². The van der Waals surface area contributed by atoms with Crippen molar-refractivity contribution in [1.82, 2.24) is 9.66 Å². The van der Waals surface area contributed by atoms with Crippen LogP contribution in [0.1, 0.15) is 4.88 Å². The van der Waals surface area contributed by atoms with Gasteiger partial charge in [-0.25, -0.2) is 9.66 Å². The van der Waals surface area contributed by atoms with Gasteiger partial charge in [0.05, 0.1) is 17.2 Å². The minimum absolute atomic E-state index is 0.956. The number of hydrogen-bond acceptors (Lipinski definition) is 3. The van der Waals surface area contributed by atoms with Crippen LogP contribution in [0.2, 0.25) is 0 Å². The number of fused-ring (bicyclic) bond motifs is 1. The van der Waals surface area contributed by atoms with Crippen LogP contribution < -0.4 is 0 Å². The van der Waals surface area contributed by atoms with Crippen LogP contribution in [-0.4, -0.2) is 15.9 Å². The van der Waals surface area contributed by atoms with Crippen molar-refractivity contribution in [2.75, 3.05) is 0 Å². The van der Waals surface area contributed by atoms with Crippen molar-refractivity contribution >= 4 is 44.5 Å². The van der Waals surface area contributed by atoms with E-state index in [0.29, 0.717) is 0 Å². The normalized spacial score (nSPS) is 11.6. The molecule has 3 nitrogen and oxygen atoms in total. The number of nitrogens with zero attached hydrogens (tertiary/aromatic N) is 3. The topological polar surface area (TPSA) is 30.2 Å². The molecule has 0 fully saturated rings. The number of para-hydroxylation sites is 2. The maximum Gasteiger partial charge on any atom is 0.118 e. The van der Waals surface area contributed by atoms with Gasteiger partial charge < -0.3 is 0 Å². The molecule has 0 aliphatic rings. The molecule has 84 valence electrons. The third kappa shape index (κ3) is 2.16. The number of halogens is 1. The van der Waals surface area contributed by atoms with E-state index in [4.69, 9.17) is 0 Å². The summed E-state index contributed by atoms with van der Waals surface area (Å²) in [5, 5.41) is 6.43. The van der Waals surface area contributed by atoms with Crippen LogP contribution in [-0.2, 0) is 0 Å². The second-order valence-corrected chi connectivity index (χ2v) is 5.35. The van der Waals surface area contributed by atoms with Gasteiger partial charge in [-0.05, 0) is 34.1 Å². The van der Waals surface area contributed by atoms with Gasteiger partial charge in [-0.1, -0.05) is 12.1 Å². The van der Waals surface area contributed by atoms with Crippen LogP contribution in [0.4, 0.5) is 0 Å². The summed E-state index contributed by atoms with van der Waals surface area (Å²) in [4.78, 5) is 5.39. The predicted octanol–water partition coefficient (Wildman–Crippen LogP) is 3.74. The van der Waals surface area contributed by atoms with Gasteiger partial charge in [0.1, 0.15) is 6.33 Å². The lowest BCUT2D eigenvalue weighted by Gasteiger charge is -1.93. The van der Waals surface area contributed by atoms with Gasteiger partial charge in [0.2, 0.25) is 0 Å². The van der Waals surface area contributed by atoms with E-state index in [1.54, 1.807) is 22.3 Å². The molecule has 3 rings (SSSR count). The van der Waals surface area contributed by atoms with Gasteiger partial charge in [0, 0.05) is 14.7 Å². The maximum absolute atomic E-state index is 4.40. The largest absolute Gasteiger partial charge is 0.235 e. The van der Waals surface area contributed by atoms with Crippen LogP contribution in [0.5, 0.6) is 0 Å². The van der Waals surface area contributed by atoms with Gasteiger partial charge in [0.25, 0.3) is 0 Å². The second kappa shape index (κ2) is 4.43. The average Bonchev–Trinajstić information content (AvgIpc) is 2.93. The molecule has 0 spiro atoms. The molecule has 3 aromatic rings. The lowest BCUT2D eigenvalue weighted by atomic mass is 10.3. The molecular formula is C12H8BrN3S. The summed E-state index contributed by atoms with van der Waals surface area (Å²) >= 11 is 5.07. The first-order chi connectivity index (χ1) is 8.33. The minimum atomic E-state index is 0.956. The fraction of sp³-hybridized carbons (Fsp3) is 0. The molecule has 0 radical (unpaired) electrons. The van der Waals surface area contributed by atoms with Crippen LogP contribution in [0.25, 0.3) is 11.0 Å². The molecule has 0 saturated heterocycles. The van der Waals surface area contributed by atoms with Gasteiger partial charge in [-0.3, -0.25) is 0 Å². The Bertz CT molecular complexity index is 684. The molecule has 0 aliphatic heterocycles. The minimum Gasteiger partial charge on any atom is -0.235 e. The van der Waals surface area contributed by atoms with Crippen molar-refractivity contribution in [3.8, 4) is 0 Å². The first-order valence-electron chi connectivity index (χ1n) is 5.03. The van der Waals surface area contributed by atoms with E-state index >= 15 is 0 Å². The molecule has 5 heteroatoms. The van der Waals surface area contributed by atoms with E-state index < -0.39 is 0 Å². The molecule has 0 N–H and O–H groups in total. The monoisotopic (exact) mass is 305 g/mol. The third-order valence-electron chi connectivity index (χ3n) is 2.33. The summed E-state index contributed by atoms with van der Waals surface area (Å²) in [5.41, 5.74) is 1.97. The van der Waals surface area contributed by atoms with Gasteiger partial charge >= 0.3 is 0 Å². The Morgan fingerprint density at radius 2 is 2.24 bits per heavy atom. The van der Waals surface area contributed by atoms with Crippen LogP contribution >= 0.6 is 27.3 Å². The van der Waals surface area contributed by atoms with Crippen molar-refractivity contribution in [3.05, 3.63) is 51.4 Å². The summed E-state index contributed by atoms with van der Waals surface area (Å²) in [6.45, 7) is 0. The van der Waals surface area contributed by atoms with Crippen molar-refractivity contribution in [2.45, 2.75) is 0 Å². The molecule has 2 heterocycles. The van der Waals surface area contributed by atoms with Crippen LogP contribution in [0.15, 0.2) is 51.6 Å². The zero-order valence-electron chi connectivity index (χ0n) is 8.75. The molecule has 0 unspecified atom stereocenters.